The molecule has 0 saturated carbocycles. The number of nitrogens with one attached hydrogen (secondary N) is 1. The maximum Gasteiger partial charge on any atom is 0.281 e. The van der Waals surface area contributed by atoms with Crippen molar-refractivity contribution in [1.82, 2.24) is 29.9 Å². The fraction of sp³-hybridized carbons (Fsp3) is 0.292. The van der Waals surface area contributed by atoms with Gasteiger partial charge in [0.05, 0.1) is 6.54 Å². The Kier molecular flexibility index (Phi) is 5.68. The van der Waals surface area contributed by atoms with E-state index in [0.29, 0.717) is 41.7 Å². The molecule has 1 N–H and O–H groups in total. The molecule has 4 aromatic rings. The minimum absolute atomic E-state index is 0.00616. The highest BCUT2D eigenvalue weighted by Crippen LogP contribution is 2.26. The fourth-order valence-electron chi connectivity index (χ4n) is 4.34. The highest BCUT2D eigenvalue weighted by atomic mass is 35.5. The Morgan fingerprint density at radius 3 is 2.79 bits per heavy atom. The van der Waals surface area contributed by atoms with Crippen LogP contribution in [-0.4, -0.2) is 48.9 Å². The number of nitrogens with zero attached hydrogens (tertiary/aromatic N) is 5. The number of fused-ring (bicyclic) bond motifs is 1. The lowest BCUT2D eigenvalue weighted by Crippen LogP contribution is -2.40. The summed E-state index contributed by atoms with van der Waals surface area (Å²) in [5.41, 5.74) is 2.79. The van der Waals surface area contributed by atoms with Crippen LogP contribution in [0.4, 0.5) is 0 Å². The van der Waals surface area contributed by atoms with E-state index in [1.807, 2.05) is 60.4 Å². The van der Waals surface area contributed by atoms with Crippen molar-refractivity contribution >= 4 is 28.7 Å². The van der Waals surface area contributed by atoms with Crippen molar-refractivity contribution in [2.24, 2.45) is 0 Å². The molecular formula is C24H23ClN6O2. The molecule has 3 heterocycles. The van der Waals surface area contributed by atoms with Crippen LogP contribution in [0.3, 0.4) is 0 Å². The molecule has 1 saturated heterocycles. The van der Waals surface area contributed by atoms with Gasteiger partial charge >= 0.3 is 0 Å². The summed E-state index contributed by atoms with van der Waals surface area (Å²) in [5, 5.41) is 8.77. The molecule has 5 rings (SSSR count). The van der Waals surface area contributed by atoms with Gasteiger partial charge in [0.15, 0.2) is 11.2 Å². The number of carbonyl (C=O) groups is 1. The fourth-order valence-corrected chi connectivity index (χ4v) is 4.53. The number of halogens is 1. The maximum absolute atomic E-state index is 13.1. The zero-order valence-corrected chi connectivity index (χ0v) is 18.9. The number of rotatable bonds is 4. The number of amides is 1. The van der Waals surface area contributed by atoms with Crippen molar-refractivity contribution in [3.05, 3.63) is 86.4 Å². The number of aromatic amines is 1. The minimum atomic E-state index is -0.331. The average molecular weight is 463 g/mol. The number of H-pyrrole nitrogens is 1. The first-order valence-corrected chi connectivity index (χ1v) is 11.3. The van der Waals surface area contributed by atoms with Gasteiger partial charge in [0.2, 0.25) is 0 Å². The van der Waals surface area contributed by atoms with Crippen molar-refractivity contribution in [3.63, 3.8) is 0 Å². The monoisotopic (exact) mass is 462 g/mol. The first-order valence-electron chi connectivity index (χ1n) is 10.9. The zero-order valence-electron chi connectivity index (χ0n) is 18.2. The highest BCUT2D eigenvalue weighted by Gasteiger charge is 2.28. The van der Waals surface area contributed by atoms with E-state index in [-0.39, 0.29) is 22.9 Å². The lowest BCUT2D eigenvalue weighted by atomic mass is 9.96. The molecule has 2 aromatic heterocycles. The van der Waals surface area contributed by atoms with Crippen LogP contribution in [0.15, 0.2) is 53.3 Å². The molecule has 0 bridgehead atoms. The van der Waals surface area contributed by atoms with Crippen molar-refractivity contribution in [2.45, 2.75) is 32.2 Å². The van der Waals surface area contributed by atoms with Crippen molar-refractivity contribution in [1.29, 1.82) is 0 Å². The number of aryl methyl sites for hydroxylation is 1. The number of piperidine rings is 1. The molecule has 0 spiro atoms. The highest BCUT2D eigenvalue weighted by molar-refractivity contribution is 6.31. The molecule has 1 aliphatic rings. The number of hydrogen-bond acceptors (Lipinski definition) is 5. The van der Waals surface area contributed by atoms with Crippen molar-refractivity contribution < 1.29 is 4.79 Å². The molecular weight excluding hydrogens is 440 g/mol. The summed E-state index contributed by atoms with van der Waals surface area (Å²) in [7, 11) is 0. The van der Waals surface area contributed by atoms with Gasteiger partial charge in [-0.25, -0.2) is 9.67 Å². The number of hydrogen-bond donors (Lipinski definition) is 1. The van der Waals surface area contributed by atoms with Crippen LogP contribution >= 0.6 is 11.6 Å². The number of benzene rings is 2. The van der Waals surface area contributed by atoms with E-state index >= 15 is 0 Å². The molecule has 2 aromatic carbocycles. The van der Waals surface area contributed by atoms with Gasteiger partial charge in [-0.3, -0.25) is 9.59 Å². The Morgan fingerprint density at radius 1 is 1.18 bits per heavy atom. The van der Waals surface area contributed by atoms with Crippen LogP contribution in [0.1, 0.15) is 46.1 Å². The van der Waals surface area contributed by atoms with Crippen LogP contribution < -0.4 is 5.56 Å². The van der Waals surface area contributed by atoms with Gasteiger partial charge < -0.3 is 9.88 Å². The molecule has 8 nitrogen and oxygen atoms in total. The lowest BCUT2D eigenvalue weighted by molar-refractivity contribution is 0.0704. The van der Waals surface area contributed by atoms with Gasteiger partial charge in [-0.05, 0) is 43.0 Å². The molecule has 0 unspecified atom stereocenters. The van der Waals surface area contributed by atoms with Gasteiger partial charge in [0.25, 0.3) is 11.5 Å². The Bertz CT molecular complexity index is 1400. The third kappa shape index (κ3) is 4.14. The van der Waals surface area contributed by atoms with Gasteiger partial charge in [-0.2, -0.15) is 0 Å². The Morgan fingerprint density at radius 2 is 1.97 bits per heavy atom. The molecule has 33 heavy (non-hydrogen) atoms. The minimum Gasteiger partial charge on any atom is -0.338 e. The molecule has 0 radical (unpaired) electrons. The summed E-state index contributed by atoms with van der Waals surface area (Å²) in [6.45, 7) is 3.47. The molecule has 1 atom stereocenters. The molecule has 1 fully saturated rings. The van der Waals surface area contributed by atoms with Crippen molar-refractivity contribution in [2.75, 3.05) is 13.1 Å². The Balaban J connectivity index is 1.44. The molecule has 9 heteroatoms. The molecule has 1 aliphatic heterocycles. The smallest absolute Gasteiger partial charge is 0.281 e. The third-order valence-electron chi connectivity index (χ3n) is 6.14. The molecule has 1 amide bonds. The summed E-state index contributed by atoms with van der Waals surface area (Å²) < 4.78 is 1.59. The van der Waals surface area contributed by atoms with Gasteiger partial charge in [0, 0.05) is 29.6 Å². The Hall–Kier alpha value is -3.52. The maximum atomic E-state index is 13.1. The first kappa shape index (κ1) is 21.3. The third-order valence-corrected chi connectivity index (χ3v) is 6.51. The second-order valence-electron chi connectivity index (χ2n) is 8.37. The number of likely N-dealkylation sites (tertiary alicyclic amines) is 1. The summed E-state index contributed by atoms with van der Waals surface area (Å²) in [6, 6.07) is 15.1. The molecule has 168 valence electrons. The molecule has 0 aliphatic carbocycles. The topological polar surface area (TPSA) is 96.8 Å². The number of aromatic nitrogens is 5. The predicted octanol–water partition coefficient (Wildman–Crippen LogP) is 3.54. The first-order chi connectivity index (χ1) is 16.0. The van der Waals surface area contributed by atoms with E-state index in [4.69, 9.17) is 16.6 Å². The van der Waals surface area contributed by atoms with E-state index in [2.05, 4.69) is 15.3 Å². The van der Waals surface area contributed by atoms with E-state index in [0.717, 1.165) is 24.0 Å². The van der Waals surface area contributed by atoms with E-state index in [1.54, 1.807) is 4.68 Å². The summed E-state index contributed by atoms with van der Waals surface area (Å²) >= 11 is 6.30. The van der Waals surface area contributed by atoms with Gasteiger partial charge in [0.1, 0.15) is 5.82 Å². The summed E-state index contributed by atoms with van der Waals surface area (Å²) in [6.07, 6.45) is 1.67. The normalized spacial score (nSPS) is 16.3. The van der Waals surface area contributed by atoms with E-state index in [1.165, 1.54) is 0 Å². The largest absolute Gasteiger partial charge is 0.338 e. The second-order valence-corrected chi connectivity index (χ2v) is 8.77. The van der Waals surface area contributed by atoms with Crippen LogP contribution in [0.5, 0.6) is 0 Å². The quantitative estimate of drug-likeness (QED) is 0.500. The van der Waals surface area contributed by atoms with Gasteiger partial charge in [-0.1, -0.05) is 53.2 Å². The van der Waals surface area contributed by atoms with E-state index in [9.17, 15) is 9.59 Å². The SMILES string of the molecule is Cc1ccccc1C(=O)N1CCC[C@H](c2nc3c(nnn3Cc3ccccc3Cl)c(=O)[nH]2)C1. The van der Waals surface area contributed by atoms with E-state index < -0.39 is 0 Å². The van der Waals surface area contributed by atoms with Gasteiger partial charge in [-0.15, -0.1) is 5.10 Å². The van der Waals surface area contributed by atoms with Crippen molar-refractivity contribution in [3.8, 4) is 0 Å². The lowest BCUT2D eigenvalue weighted by Gasteiger charge is -2.32. The standard InChI is InChI=1S/C24H23ClN6O2/c1-15-7-2-4-10-18(15)24(33)30-12-6-9-17(13-30)21-26-22-20(23(32)27-21)28-29-31(22)14-16-8-3-5-11-19(16)25/h2-5,7-8,10-11,17H,6,9,12-14H2,1H3,(H,26,27,32)/t17-/m0/s1. The summed E-state index contributed by atoms with van der Waals surface area (Å²) in [5.74, 6) is 0.483. The zero-order chi connectivity index (χ0) is 22.9. The second kappa shape index (κ2) is 8.78. The Labute approximate surface area is 195 Å². The van der Waals surface area contributed by atoms with Crippen LogP contribution in [-0.2, 0) is 6.54 Å². The van der Waals surface area contributed by atoms with Crippen LogP contribution in [0.25, 0.3) is 11.2 Å². The summed E-state index contributed by atoms with van der Waals surface area (Å²) in [4.78, 5) is 35.3. The predicted molar refractivity (Wildman–Crippen MR) is 126 cm³/mol. The van der Waals surface area contributed by atoms with Crippen LogP contribution in [0.2, 0.25) is 5.02 Å². The van der Waals surface area contributed by atoms with Crippen LogP contribution in [0, 0.1) is 6.92 Å². The average Bonchev–Trinajstić information content (AvgIpc) is 3.24. The number of carbonyl (C=O) groups excluding carboxylic acids is 1.